The second-order valence-corrected chi connectivity index (χ2v) is 12.5. The van der Waals surface area contributed by atoms with E-state index in [9.17, 15) is 8.42 Å². The highest BCUT2D eigenvalue weighted by Crippen LogP contribution is 2.23. The molecule has 0 saturated carbocycles. The van der Waals surface area contributed by atoms with Crippen LogP contribution in [0.4, 0.5) is 0 Å². The van der Waals surface area contributed by atoms with E-state index < -0.39 is 28.5 Å². The number of rotatable bonds is 22. The summed E-state index contributed by atoms with van der Waals surface area (Å²) in [5.41, 5.74) is 0. The molecule has 13 heteroatoms. The lowest BCUT2D eigenvalue weighted by Crippen LogP contribution is -2.55. The fraction of sp³-hybridized carbons (Fsp3) is 1.00. The minimum Gasteiger partial charge on any atom is -0.351 e. The Bertz CT molecular complexity index is 452. The van der Waals surface area contributed by atoms with Gasteiger partial charge in [-0.05, 0) is 38.5 Å². The lowest BCUT2D eigenvalue weighted by atomic mass is 10.5. The smallest absolute Gasteiger partial charge is 0.351 e. The molecule has 0 radical (unpaired) electrons. The van der Waals surface area contributed by atoms with Gasteiger partial charge in [0, 0.05) is 39.6 Å². The summed E-state index contributed by atoms with van der Waals surface area (Å²) in [5.74, 6) is 0. The predicted octanol–water partition coefficient (Wildman–Crippen LogP) is 3.70. The Morgan fingerprint density at radius 2 is 0.645 bits per heavy atom. The molecule has 0 aliphatic rings. The Labute approximate surface area is 191 Å². The summed E-state index contributed by atoms with van der Waals surface area (Å²) in [5, 5.41) is 0. The van der Waals surface area contributed by atoms with Crippen molar-refractivity contribution >= 4 is 28.5 Å². The van der Waals surface area contributed by atoms with Crippen molar-refractivity contribution in [3.05, 3.63) is 0 Å². The first kappa shape index (κ1) is 31.1. The van der Waals surface area contributed by atoms with E-state index in [4.69, 9.17) is 34.3 Å². The Morgan fingerprint density at radius 3 is 0.806 bits per heavy atom. The van der Waals surface area contributed by atoms with E-state index in [-0.39, 0.29) is 39.6 Å². The van der Waals surface area contributed by atoms with E-state index in [1.54, 1.807) is 0 Å². The Balaban J connectivity index is 5.81. The van der Waals surface area contributed by atoms with Gasteiger partial charge in [0.1, 0.15) is 0 Å². The second kappa shape index (κ2) is 17.5. The third-order valence-corrected chi connectivity index (χ3v) is 9.92. The highest BCUT2D eigenvalue weighted by atomic mass is 32.3. The molecule has 0 unspecified atom stereocenters. The molecule has 31 heavy (non-hydrogen) atoms. The molecule has 0 spiro atoms. The van der Waals surface area contributed by atoms with Gasteiger partial charge in [-0.1, -0.05) is 41.5 Å². The lowest BCUT2D eigenvalue weighted by molar-refractivity contribution is -0.0154. The number of hydrogen-bond acceptors (Lipinski definition) is 10. The van der Waals surface area contributed by atoms with Crippen LogP contribution in [0.2, 0.25) is 0 Å². The van der Waals surface area contributed by atoms with E-state index >= 15 is 0 Å². The molecule has 0 N–H and O–H groups in total. The van der Waals surface area contributed by atoms with Crippen molar-refractivity contribution in [2.75, 3.05) is 39.6 Å². The van der Waals surface area contributed by atoms with E-state index in [2.05, 4.69) is 0 Å². The Kier molecular flexibility index (Phi) is 17.6. The molecule has 0 aliphatic heterocycles. The van der Waals surface area contributed by atoms with Gasteiger partial charge in [0.2, 0.25) is 0 Å². The average molecular weight is 507 g/mol. The zero-order valence-corrected chi connectivity index (χ0v) is 22.8. The van der Waals surface area contributed by atoms with Crippen LogP contribution in [-0.4, -0.2) is 66.2 Å². The minimum atomic E-state index is -4.71. The van der Waals surface area contributed by atoms with Crippen LogP contribution < -0.4 is 0 Å². The maximum Gasteiger partial charge on any atom is 0.696 e. The SMILES string of the molecule is CCCO[Si](OCCC)(OCCC)OS(=O)(=O)O[Si](OCCC)(OCCC)OCCC. The van der Waals surface area contributed by atoms with Crippen LogP contribution in [0.1, 0.15) is 80.1 Å². The fourth-order valence-electron chi connectivity index (χ4n) is 2.02. The largest absolute Gasteiger partial charge is 0.696 e. The standard InChI is InChI=1S/C18H42O10SSi2/c1-7-13-21-30(22-14-8-2,23-15-9-3)27-29(19,20)28-31(24-16-10-4,25-17-11-5)26-18-12-6/h7-18H2,1-6H3. The normalized spacial score (nSPS) is 13.1. The highest BCUT2D eigenvalue weighted by molar-refractivity contribution is 7.83. The van der Waals surface area contributed by atoms with Gasteiger partial charge >= 0.3 is 28.5 Å². The average Bonchev–Trinajstić information content (AvgIpc) is 2.75. The van der Waals surface area contributed by atoms with E-state index in [1.807, 2.05) is 41.5 Å². The maximum atomic E-state index is 13.0. The molecule has 188 valence electrons. The van der Waals surface area contributed by atoms with Crippen molar-refractivity contribution in [1.29, 1.82) is 0 Å². The van der Waals surface area contributed by atoms with Gasteiger partial charge < -0.3 is 26.6 Å². The molecule has 0 bridgehead atoms. The molecular formula is C18H42O10SSi2. The second-order valence-electron chi connectivity index (χ2n) is 6.67. The van der Waals surface area contributed by atoms with Crippen LogP contribution in [0.3, 0.4) is 0 Å². The van der Waals surface area contributed by atoms with Gasteiger partial charge in [0.05, 0.1) is 0 Å². The molecule has 0 atom stereocenters. The zero-order valence-electron chi connectivity index (χ0n) is 20.0. The van der Waals surface area contributed by atoms with E-state index in [0.717, 1.165) is 0 Å². The van der Waals surface area contributed by atoms with Crippen molar-refractivity contribution in [2.45, 2.75) is 80.1 Å². The van der Waals surface area contributed by atoms with Gasteiger partial charge in [0.25, 0.3) is 0 Å². The molecule has 0 amide bonds. The molecule has 0 rings (SSSR count). The van der Waals surface area contributed by atoms with Crippen LogP contribution >= 0.6 is 0 Å². The van der Waals surface area contributed by atoms with Crippen LogP contribution in [0.15, 0.2) is 0 Å². The summed E-state index contributed by atoms with van der Waals surface area (Å²) in [7, 11) is -12.8. The van der Waals surface area contributed by atoms with Crippen LogP contribution in [0, 0.1) is 0 Å². The van der Waals surface area contributed by atoms with Crippen LogP contribution in [0.5, 0.6) is 0 Å². The molecule has 0 saturated heterocycles. The van der Waals surface area contributed by atoms with E-state index in [0.29, 0.717) is 38.5 Å². The predicted molar refractivity (Wildman–Crippen MR) is 120 cm³/mol. The third-order valence-electron chi connectivity index (χ3n) is 3.31. The van der Waals surface area contributed by atoms with Crippen molar-refractivity contribution in [2.24, 2.45) is 0 Å². The zero-order chi connectivity index (χ0) is 23.6. The van der Waals surface area contributed by atoms with E-state index in [1.165, 1.54) is 0 Å². The van der Waals surface area contributed by atoms with Gasteiger partial charge in [-0.25, -0.2) is 7.74 Å². The molecule has 10 nitrogen and oxygen atoms in total. The fourth-order valence-corrected chi connectivity index (χ4v) is 8.85. The molecule has 0 heterocycles. The Morgan fingerprint density at radius 1 is 0.452 bits per heavy atom. The third kappa shape index (κ3) is 13.4. The van der Waals surface area contributed by atoms with Crippen molar-refractivity contribution in [3.63, 3.8) is 0 Å². The van der Waals surface area contributed by atoms with Gasteiger partial charge in [-0.3, -0.25) is 0 Å². The first-order chi connectivity index (χ1) is 14.8. The monoisotopic (exact) mass is 506 g/mol. The van der Waals surface area contributed by atoms with Gasteiger partial charge in [0.15, 0.2) is 0 Å². The molecule has 0 aromatic heterocycles. The minimum absolute atomic E-state index is 0.211. The quantitative estimate of drug-likeness (QED) is 0.202. The molecule has 0 fully saturated rings. The lowest BCUT2D eigenvalue weighted by Gasteiger charge is -2.30. The molecule has 0 aromatic carbocycles. The van der Waals surface area contributed by atoms with Gasteiger partial charge in [-0.2, -0.15) is 8.42 Å². The van der Waals surface area contributed by atoms with Gasteiger partial charge in [-0.15, -0.1) is 0 Å². The summed E-state index contributed by atoms with van der Waals surface area (Å²) in [6.07, 6.45) is 3.76. The van der Waals surface area contributed by atoms with Crippen molar-refractivity contribution in [1.82, 2.24) is 0 Å². The Hall–Kier alpha value is 0.0638. The summed E-state index contributed by atoms with van der Waals surface area (Å²) >= 11 is 0. The molecular weight excluding hydrogens is 464 g/mol. The summed E-state index contributed by atoms with van der Waals surface area (Å²) in [6, 6.07) is 0. The summed E-state index contributed by atoms with van der Waals surface area (Å²) in [6.45, 7) is 12.6. The first-order valence-electron chi connectivity index (χ1n) is 11.3. The summed E-state index contributed by atoms with van der Waals surface area (Å²) in [4.78, 5) is 0. The summed E-state index contributed by atoms with van der Waals surface area (Å²) < 4.78 is 70.8. The number of hydrogen-bond donors (Lipinski definition) is 0. The molecule has 0 aromatic rings. The highest BCUT2D eigenvalue weighted by Gasteiger charge is 2.56. The van der Waals surface area contributed by atoms with Crippen molar-refractivity contribution < 1.29 is 42.7 Å². The van der Waals surface area contributed by atoms with Crippen LogP contribution in [-0.2, 0) is 44.7 Å². The maximum absolute atomic E-state index is 13.0. The van der Waals surface area contributed by atoms with Crippen molar-refractivity contribution in [3.8, 4) is 0 Å². The molecule has 0 aliphatic carbocycles. The first-order valence-corrected chi connectivity index (χ1v) is 15.9. The van der Waals surface area contributed by atoms with Crippen LogP contribution in [0.25, 0.3) is 0 Å². The topological polar surface area (TPSA) is 108 Å².